The maximum atomic E-state index is 11.3. The predicted molar refractivity (Wildman–Crippen MR) is 63.6 cm³/mol. The van der Waals surface area contributed by atoms with Gasteiger partial charge in [0, 0.05) is 0 Å². The number of hydrogen-bond acceptors (Lipinski definition) is 5. The van der Waals surface area contributed by atoms with Crippen LogP contribution >= 0.6 is 0 Å². The Morgan fingerprint density at radius 2 is 2.00 bits per heavy atom. The van der Waals surface area contributed by atoms with Crippen molar-refractivity contribution in [2.75, 3.05) is 7.11 Å². The molecule has 0 amide bonds. The fraction of sp³-hybridized carbons (Fsp3) is 0.167. The Morgan fingerprint density at radius 3 is 2.56 bits per heavy atom. The maximum Gasteiger partial charge on any atom is 0.310 e. The largest absolute Gasteiger partial charge is 0.497 e. The fourth-order valence-electron chi connectivity index (χ4n) is 1.50. The second-order valence-corrected chi connectivity index (χ2v) is 3.53. The van der Waals surface area contributed by atoms with Crippen molar-refractivity contribution in [2.45, 2.75) is 6.92 Å². The highest BCUT2D eigenvalue weighted by Gasteiger charge is 2.08. The average molecular weight is 242 g/mol. The van der Waals surface area contributed by atoms with Gasteiger partial charge in [0.05, 0.1) is 12.8 Å². The summed E-state index contributed by atoms with van der Waals surface area (Å²) >= 11 is 0. The summed E-state index contributed by atoms with van der Waals surface area (Å²) in [5.74, 6) is 1.13. The molecule has 0 unspecified atom stereocenters. The van der Waals surface area contributed by atoms with E-state index in [2.05, 4.69) is 10.1 Å². The van der Waals surface area contributed by atoms with Crippen LogP contribution in [-0.2, 0) is 0 Å². The number of aromatic nitrogens is 3. The third kappa shape index (κ3) is 2.06. The van der Waals surface area contributed by atoms with Crippen molar-refractivity contribution < 1.29 is 4.74 Å². The first kappa shape index (κ1) is 11.8. The molecule has 0 fully saturated rings. The first-order valence-corrected chi connectivity index (χ1v) is 5.18. The molecule has 18 heavy (non-hydrogen) atoms. The van der Waals surface area contributed by atoms with E-state index in [1.807, 2.05) is 0 Å². The second kappa shape index (κ2) is 4.67. The number of ether oxygens (including phenoxy) is 1. The van der Waals surface area contributed by atoms with Crippen molar-refractivity contribution in [3.05, 3.63) is 46.1 Å². The molecule has 0 aliphatic carbocycles. The van der Waals surface area contributed by atoms with E-state index >= 15 is 0 Å². The minimum atomic E-state index is -0.611. The standard InChI is InChI=1S/C12H10N4O2/c1-8-14-12(17)11(7-13)15-16(8)9-3-5-10(18-2)6-4-9/h3-6H,1-2H3. The van der Waals surface area contributed by atoms with Gasteiger partial charge in [0.2, 0.25) is 5.69 Å². The summed E-state index contributed by atoms with van der Waals surface area (Å²) in [6.45, 7) is 1.65. The van der Waals surface area contributed by atoms with E-state index in [0.29, 0.717) is 17.3 Å². The van der Waals surface area contributed by atoms with Crippen molar-refractivity contribution in [3.63, 3.8) is 0 Å². The molecule has 1 aromatic carbocycles. The van der Waals surface area contributed by atoms with Crippen LogP contribution in [0.2, 0.25) is 0 Å². The van der Waals surface area contributed by atoms with Gasteiger partial charge in [-0.1, -0.05) is 0 Å². The molecule has 0 spiro atoms. The Balaban J connectivity index is 2.56. The van der Waals surface area contributed by atoms with E-state index in [1.54, 1.807) is 44.4 Å². The molecule has 1 aromatic heterocycles. The van der Waals surface area contributed by atoms with E-state index in [-0.39, 0.29) is 5.69 Å². The minimum Gasteiger partial charge on any atom is -0.497 e. The third-order valence-corrected chi connectivity index (χ3v) is 2.40. The summed E-state index contributed by atoms with van der Waals surface area (Å²) in [4.78, 5) is 15.1. The van der Waals surface area contributed by atoms with Crippen LogP contribution in [0.1, 0.15) is 11.5 Å². The van der Waals surface area contributed by atoms with Crippen LogP contribution in [0.5, 0.6) is 5.75 Å². The predicted octanol–water partition coefficient (Wildman–Crippen LogP) is 0.816. The lowest BCUT2D eigenvalue weighted by Gasteiger charge is -2.08. The van der Waals surface area contributed by atoms with E-state index in [4.69, 9.17) is 10.00 Å². The van der Waals surface area contributed by atoms with Crippen LogP contribution in [0.15, 0.2) is 29.1 Å². The number of nitriles is 1. The maximum absolute atomic E-state index is 11.3. The summed E-state index contributed by atoms with van der Waals surface area (Å²) in [6, 6.07) is 8.79. The van der Waals surface area contributed by atoms with Crippen LogP contribution in [0.3, 0.4) is 0 Å². The van der Waals surface area contributed by atoms with Crippen LogP contribution in [0.25, 0.3) is 5.69 Å². The molecule has 1 heterocycles. The number of nitrogens with zero attached hydrogens (tertiary/aromatic N) is 4. The summed E-state index contributed by atoms with van der Waals surface area (Å²) in [5.41, 5.74) is -0.131. The molecule has 2 aromatic rings. The van der Waals surface area contributed by atoms with Gasteiger partial charge in [0.25, 0.3) is 0 Å². The zero-order valence-corrected chi connectivity index (χ0v) is 9.91. The zero-order valence-electron chi connectivity index (χ0n) is 9.91. The molecule has 0 atom stereocenters. The van der Waals surface area contributed by atoms with Crippen molar-refractivity contribution >= 4 is 0 Å². The van der Waals surface area contributed by atoms with Gasteiger partial charge in [0.15, 0.2) is 0 Å². The number of benzene rings is 1. The van der Waals surface area contributed by atoms with Gasteiger partial charge in [-0.25, -0.2) is 4.68 Å². The smallest absolute Gasteiger partial charge is 0.310 e. The molecule has 0 aliphatic heterocycles. The number of hydrogen-bond donors (Lipinski definition) is 0. The highest BCUT2D eigenvalue weighted by atomic mass is 16.5. The summed E-state index contributed by atoms with van der Waals surface area (Å²) in [5, 5.41) is 12.7. The molecular weight excluding hydrogens is 232 g/mol. The lowest BCUT2D eigenvalue weighted by molar-refractivity contribution is 0.414. The van der Waals surface area contributed by atoms with E-state index in [1.165, 1.54) is 4.68 Å². The molecule has 0 bridgehead atoms. The Morgan fingerprint density at radius 1 is 1.33 bits per heavy atom. The number of aryl methyl sites for hydroxylation is 1. The molecule has 0 radical (unpaired) electrons. The van der Waals surface area contributed by atoms with Crippen LogP contribution in [0, 0.1) is 18.3 Å². The highest BCUT2D eigenvalue weighted by molar-refractivity contribution is 5.37. The molecule has 0 saturated carbocycles. The van der Waals surface area contributed by atoms with E-state index < -0.39 is 5.56 Å². The first-order chi connectivity index (χ1) is 8.65. The number of rotatable bonds is 2. The molecular formula is C12H10N4O2. The second-order valence-electron chi connectivity index (χ2n) is 3.53. The van der Waals surface area contributed by atoms with Crippen molar-refractivity contribution in [1.29, 1.82) is 5.26 Å². The lowest BCUT2D eigenvalue weighted by atomic mass is 10.3. The SMILES string of the molecule is COc1ccc(-n2nc(C#N)c(=O)nc2C)cc1. The molecule has 0 aliphatic rings. The quantitative estimate of drug-likeness (QED) is 0.778. The fourth-order valence-corrected chi connectivity index (χ4v) is 1.50. The van der Waals surface area contributed by atoms with Gasteiger partial charge in [-0.3, -0.25) is 4.79 Å². The Hall–Kier alpha value is -2.68. The number of methoxy groups -OCH3 is 1. The summed E-state index contributed by atoms with van der Waals surface area (Å²) in [7, 11) is 1.58. The highest BCUT2D eigenvalue weighted by Crippen LogP contribution is 2.14. The van der Waals surface area contributed by atoms with Crippen LogP contribution < -0.4 is 10.3 Å². The van der Waals surface area contributed by atoms with Gasteiger partial charge in [-0.2, -0.15) is 10.2 Å². The van der Waals surface area contributed by atoms with Crippen molar-refractivity contribution in [3.8, 4) is 17.5 Å². The molecule has 0 saturated heterocycles. The summed E-state index contributed by atoms with van der Waals surface area (Å²) in [6.07, 6.45) is 0. The van der Waals surface area contributed by atoms with Crippen LogP contribution in [0.4, 0.5) is 0 Å². The Bertz CT molecular complexity index is 668. The van der Waals surface area contributed by atoms with Crippen molar-refractivity contribution in [2.24, 2.45) is 0 Å². The molecule has 2 rings (SSSR count). The third-order valence-electron chi connectivity index (χ3n) is 2.40. The van der Waals surface area contributed by atoms with E-state index in [0.717, 1.165) is 0 Å². The minimum absolute atomic E-state index is 0.226. The monoisotopic (exact) mass is 242 g/mol. The normalized spacial score (nSPS) is 9.83. The Labute approximate surface area is 103 Å². The zero-order chi connectivity index (χ0) is 13.1. The van der Waals surface area contributed by atoms with Crippen LogP contribution in [-0.4, -0.2) is 21.9 Å². The average Bonchev–Trinajstić information content (AvgIpc) is 2.39. The van der Waals surface area contributed by atoms with Gasteiger partial charge < -0.3 is 4.74 Å². The molecule has 6 nitrogen and oxygen atoms in total. The first-order valence-electron chi connectivity index (χ1n) is 5.18. The molecule has 0 N–H and O–H groups in total. The van der Waals surface area contributed by atoms with Gasteiger partial charge in [-0.15, -0.1) is 5.10 Å². The summed E-state index contributed by atoms with van der Waals surface area (Å²) < 4.78 is 6.50. The van der Waals surface area contributed by atoms with Gasteiger partial charge in [0.1, 0.15) is 17.6 Å². The lowest BCUT2D eigenvalue weighted by Crippen LogP contribution is -2.21. The van der Waals surface area contributed by atoms with Gasteiger partial charge in [-0.05, 0) is 31.2 Å². The van der Waals surface area contributed by atoms with Gasteiger partial charge >= 0.3 is 5.56 Å². The van der Waals surface area contributed by atoms with Crippen molar-refractivity contribution in [1.82, 2.24) is 14.8 Å². The molecule has 6 heteroatoms. The van der Waals surface area contributed by atoms with E-state index in [9.17, 15) is 4.79 Å². The topological polar surface area (TPSA) is 80.8 Å². The molecule has 90 valence electrons. The Kier molecular flexibility index (Phi) is 3.06.